The standard InChI is InChI=1S/C25H30N2O/c1-3-12-27(13-4-2)20-15-19-17-26-23-11-10-21(22(16-20)25(19)23)24(28)14-18-8-6-5-7-9-18/h5-11,17,20,26H,3-4,12-16H2,1-2H3. The predicted molar refractivity (Wildman–Crippen MR) is 116 cm³/mol. The van der Waals surface area contributed by atoms with Crippen LogP contribution in [0.3, 0.4) is 0 Å². The molecule has 3 nitrogen and oxygen atoms in total. The maximum Gasteiger partial charge on any atom is 0.167 e. The minimum Gasteiger partial charge on any atom is -0.361 e. The van der Waals surface area contributed by atoms with Crippen LogP contribution in [-0.2, 0) is 19.3 Å². The van der Waals surface area contributed by atoms with Crippen molar-refractivity contribution >= 4 is 16.7 Å². The lowest BCUT2D eigenvalue weighted by Gasteiger charge is -2.34. The van der Waals surface area contributed by atoms with E-state index in [9.17, 15) is 4.79 Å². The summed E-state index contributed by atoms with van der Waals surface area (Å²) in [7, 11) is 0. The van der Waals surface area contributed by atoms with Gasteiger partial charge < -0.3 is 4.98 Å². The monoisotopic (exact) mass is 374 g/mol. The van der Waals surface area contributed by atoms with Crippen LogP contribution in [-0.4, -0.2) is 34.8 Å². The van der Waals surface area contributed by atoms with E-state index in [2.05, 4.69) is 36.0 Å². The average Bonchev–Trinajstić information content (AvgIpc) is 3.13. The number of hydrogen-bond donors (Lipinski definition) is 1. The predicted octanol–water partition coefficient (Wildman–Crippen LogP) is 5.18. The largest absolute Gasteiger partial charge is 0.361 e. The average molecular weight is 375 g/mol. The fraction of sp³-hybridized carbons (Fsp3) is 0.400. The third-order valence-electron chi connectivity index (χ3n) is 5.98. The Hall–Kier alpha value is -2.39. The first kappa shape index (κ1) is 18.9. The molecule has 146 valence electrons. The molecule has 0 aliphatic heterocycles. The van der Waals surface area contributed by atoms with E-state index in [1.807, 2.05) is 36.4 Å². The van der Waals surface area contributed by atoms with Crippen molar-refractivity contribution in [1.29, 1.82) is 0 Å². The molecule has 4 rings (SSSR count). The molecule has 0 saturated carbocycles. The zero-order chi connectivity index (χ0) is 19.5. The van der Waals surface area contributed by atoms with Crippen molar-refractivity contribution in [2.45, 2.75) is 52.0 Å². The molecule has 1 aromatic heterocycles. The third-order valence-corrected chi connectivity index (χ3v) is 5.98. The molecule has 0 radical (unpaired) electrons. The maximum atomic E-state index is 13.2. The highest BCUT2D eigenvalue weighted by atomic mass is 16.1. The zero-order valence-corrected chi connectivity index (χ0v) is 17.0. The van der Waals surface area contributed by atoms with Crippen molar-refractivity contribution in [3.8, 4) is 0 Å². The second-order valence-corrected chi connectivity index (χ2v) is 8.01. The van der Waals surface area contributed by atoms with Gasteiger partial charge in [0.25, 0.3) is 0 Å². The van der Waals surface area contributed by atoms with Gasteiger partial charge in [0.1, 0.15) is 0 Å². The summed E-state index contributed by atoms with van der Waals surface area (Å²) in [6.07, 6.45) is 7.00. The van der Waals surface area contributed by atoms with Crippen LogP contribution in [0.15, 0.2) is 48.7 Å². The third kappa shape index (κ3) is 3.64. The number of rotatable bonds is 8. The molecule has 0 amide bonds. The van der Waals surface area contributed by atoms with Gasteiger partial charge >= 0.3 is 0 Å². The van der Waals surface area contributed by atoms with Gasteiger partial charge in [0, 0.05) is 35.1 Å². The zero-order valence-electron chi connectivity index (χ0n) is 17.0. The molecule has 1 heterocycles. The minimum atomic E-state index is 0.230. The van der Waals surface area contributed by atoms with Gasteiger partial charge in [-0.15, -0.1) is 0 Å². The van der Waals surface area contributed by atoms with Gasteiger partial charge in [0.05, 0.1) is 0 Å². The summed E-state index contributed by atoms with van der Waals surface area (Å²) in [4.78, 5) is 19.3. The Morgan fingerprint density at radius 3 is 2.50 bits per heavy atom. The number of ketones is 1. The van der Waals surface area contributed by atoms with Gasteiger partial charge in [-0.2, -0.15) is 0 Å². The van der Waals surface area contributed by atoms with Crippen LogP contribution in [0.1, 0.15) is 53.7 Å². The molecule has 1 N–H and O–H groups in total. The van der Waals surface area contributed by atoms with Crippen LogP contribution in [0.4, 0.5) is 0 Å². The van der Waals surface area contributed by atoms with Gasteiger partial charge in [-0.05, 0) is 67.6 Å². The van der Waals surface area contributed by atoms with Crippen molar-refractivity contribution < 1.29 is 4.79 Å². The highest BCUT2D eigenvalue weighted by molar-refractivity contribution is 6.04. The first-order chi connectivity index (χ1) is 13.7. The SMILES string of the molecule is CCCN(CCC)C1Cc2c[nH]c3ccc(C(=O)Cc4ccccc4)c(c23)C1. The summed E-state index contributed by atoms with van der Waals surface area (Å²) in [5.41, 5.74) is 5.78. The number of Topliss-reactive ketones (excluding diaryl/α,β-unsaturated/α-hetero) is 1. The van der Waals surface area contributed by atoms with E-state index in [4.69, 9.17) is 0 Å². The molecule has 0 saturated heterocycles. The molecular weight excluding hydrogens is 344 g/mol. The first-order valence-corrected chi connectivity index (χ1v) is 10.6. The first-order valence-electron chi connectivity index (χ1n) is 10.6. The van der Waals surface area contributed by atoms with E-state index in [0.717, 1.165) is 42.6 Å². The van der Waals surface area contributed by atoms with Gasteiger partial charge in [-0.25, -0.2) is 0 Å². The number of H-pyrrole nitrogens is 1. The molecule has 1 unspecified atom stereocenters. The van der Waals surface area contributed by atoms with Gasteiger partial charge in [-0.3, -0.25) is 9.69 Å². The molecular formula is C25H30N2O. The van der Waals surface area contributed by atoms with Gasteiger partial charge in [0.2, 0.25) is 0 Å². The number of carbonyl (C=O) groups is 1. The summed E-state index contributed by atoms with van der Waals surface area (Å²) in [5, 5.41) is 1.29. The van der Waals surface area contributed by atoms with Crippen LogP contribution >= 0.6 is 0 Å². The summed E-state index contributed by atoms with van der Waals surface area (Å²) < 4.78 is 0. The number of hydrogen-bond acceptors (Lipinski definition) is 2. The van der Waals surface area contributed by atoms with Crippen LogP contribution < -0.4 is 0 Å². The van der Waals surface area contributed by atoms with E-state index in [1.54, 1.807) is 0 Å². The molecule has 0 fully saturated rings. The van der Waals surface area contributed by atoms with Crippen LogP contribution in [0.5, 0.6) is 0 Å². The summed E-state index contributed by atoms with van der Waals surface area (Å²) >= 11 is 0. The van der Waals surface area contributed by atoms with Crippen molar-refractivity contribution in [2.75, 3.05) is 13.1 Å². The topological polar surface area (TPSA) is 36.1 Å². The maximum absolute atomic E-state index is 13.2. The van der Waals surface area contributed by atoms with E-state index in [0.29, 0.717) is 12.5 Å². The highest BCUT2D eigenvalue weighted by Gasteiger charge is 2.29. The molecule has 0 spiro atoms. The fourth-order valence-electron chi connectivity index (χ4n) is 4.75. The Balaban J connectivity index is 1.69. The lowest BCUT2D eigenvalue weighted by Crippen LogP contribution is -2.41. The lowest BCUT2D eigenvalue weighted by molar-refractivity contribution is 0.0991. The number of aromatic nitrogens is 1. The number of nitrogens with zero attached hydrogens (tertiary/aromatic N) is 1. The lowest BCUT2D eigenvalue weighted by atomic mass is 9.84. The summed E-state index contributed by atoms with van der Waals surface area (Å²) in [5.74, 6) is 0.230. The van der Waals surface area contributed by atoms with Gasteiger partial charge in [0.15, 0.2) is 5.78 Å². The van der Waals surface area contributed by atoms with Gasteiger partial charge in [-0.1, -0.05) is 44.2 Å². The fourth-order valence-corrected chi connectivity index (χ4v) is 4.75. The van der Waals surface area contributed by atoms with Crippen molar-refractivity contribution in [3.05, 3.63) is 70.9 Å². The molecule has 0 bridgehead atoms. The molecule has 2 aromatic carbocycles. The van der Waals surface area contributed by atoms with Crippen LogP contribution in [0, 0.1) is 0 Å². The normalized spacial score (nSPS) is 16.0. The number of benzene rings is 2. The number of aromatic amines is 1. The van der Waals surface area contributed by atoms with E-state index in [1.165, 1.54) is 29.4 Å². The van der Waals surface area contributed by atoms with E-state index < -0.39 is 0 Å². The highest BCUT2D eigenvalue weighted by Crippen LogP contribution is 2.34. The van der Waals surface area contributed by atoms with E-state index >= 15 is 0 Å². The van der Waals surface area contributed by atoms with E-state index in [-0.39, 0.29) is 5.78 Å². The van der Waals surface area contributed by atoms with Crippen molar-refractivity contribution in [2.24, 2.45) is 0 Å². The molecule has 3 aromatic rings. The molecule has 28 heavy (non-hydrogen) atoms. The summed E-state index contributed by atoms with van der Waals surface area (Å²) in [6, 6.07) is 14.7. The summed E-state index contributed by atoms with van der Waals surface area (Å²) in [6.45, 7) is 6.76. The molecule has 1 aliphatic rings. The molecule has 1 aliphatic carbocycles. The van der Waals surface area contributed by atoms with Crippen LogP contribution in [0.2, 0.25) is 0 Å². The van der Waals surface area contributed by atoms with Crippen LogP contribution in [0.25, 0.3) is 10.9 Å². The second kappa shape index (κ2) is 8.32. The van der Waals surface area contributed by atoms with Crippen molar-refractivity contribution in [1.82, 2.24) is 9.88 Å². The molecule has 1 atom stereocenters. The smallest absolute Gasteiger partial charge is 0.167 e. The number of carbonyl (C=O) groups excluding carboxylic acids is 1. The Morgan fingerprint density at radius 2 is 1.79 bits per heavy atom. The Morgan fingerprint density at radius 1 is 1.04 bits per heavy atom. The Kier molecular flexibility index (Phi) is 5.63. The molecule has 3 heteroatoms. The second-order valence-electron chi connectivity index (χ2n) is 8.01. The number of nitrogens with one attached hydrogen (secondary N) is 1. The minimum absolute atomic E-state index is 0.230. The Bertz CT molecular complexity index is 951. The Labute approximate surface area is 167 Å². The quantitative estimate of drug-likeness (QED) is 0.551. The van der Waals surface area contributed by atoms with Crippen molar-refractivity contribution in [3.63, 3.8) is 0 Å².